The Balaban J connectivity index is 3.10. The molecule has 4 nitrogen and oxygen atoms in total. The highest BCUT2D eigenvalue weighted by molar-refractivity contribution is 7.53. The molecule has 0 heterocycles. The van der Waals surface area contributed by atoms with Crippen LogP contribution in [0.1, 0.15) is 18.3 Å². The van der Waals surface area contributed by atoms with Crippen LogP contribution in [0.2, 0.25) is 0 Å². The van der Waals surface area contributed by atoms with Crippen molar-refractivity contribution in [1.29, 1.82) is 0 Å². The van der Waals surface area contributed by atoms with E-state index in [1.807, 2.05) is 0 Å². The molecular formula is C10H11FNO3P. The monoisotopic (exact) mass is 243 g/mol. The molecule has 0 aliphatic heterocycles. The lowest BCUT2D eigenvalue weighted by atomic mass is 10.2. The smallest absolute Gasteiger partial charge is 0.304 e. The Labute approximate surface area is 92.7 Å². The van der Waals surface area contributed by atoms with Crippen LogP contribution in [0.3, 0.4) is 0 Å². The minimum Gasteiger partial charge on any atom is -0.304 e. The Morgan fingerprint density at radius 2 is 2.12 bits per heavy atom. The first-order valence-electron chi connectivity index (χ1n) is 4.67. The van der Waals surface area contributed by atoms with Crippen molar-refractivity contribution in [1.82, 2.24) is 0 Å². The van der Waals surface area contributed by atoms with E-state index in [1.54, 1.807) is 18.2 Å². The third-order valence-electron chi connectivity index (χ3n) is 1.87. The van der Waals surface area contributed by atoms with Crippen molar-refractivity contribution in [3.05, 3.63) is 35.9 Å². The summed E-state index contributed by atoms with van der Waals surface area (Å²) in [4.78, 5) is 13.4. The standard InChI is InChI=1S/C10H11FNO3P/c1-2-15-16(11,14)10(12-8-13)9-6-4-3-5-7-9/h3-7,10H,2H2,1H3. The number of isocyanates is 1. The molecule has 1 aromatic carbocycles. The number of halogens is 1. The average Bonchev–Trinajstić information content (AvgIpc) is 2.27. The van der Waals surface area contributed by atoms with Crippen LogP contribution in [-0.2, 0) is 13.9 Å². The summed E-state index contributed by atoms with van der Waals surface area (Å²) in [5.41, 5.74) is 0.324. The van der Waals surface area contributed by atoms with Crippen molar-refractivity contribution in [2.24, 2.45) is 4.99 Å². The number of hydrogen-bond acceptors (Lipinski definition) is 4. The van der Waals surface area contributed by atoms with Gasteiger partial charge < -0.3 is 4.52 Å². The quantitative estimate of drug-likeness (QED) is 0.453. The highest BCUT2D eigenvalue weighted by Gasteiger charge is 2.35. The first-order chi connectivity index (χ1) is 7.61. The normalized spacial score (nSPS) is 15.9. The fourth-order valence-electron chi connectivity index (χ4n) is 1.24. The number of nitrogens with zero attached hydrogens (tertiary/aromatic N) is 1. The highest BCUT2D eigenvalue weighted by atomic mass is 31.2. The lowest BCUT2D eigenvalue weighted by molar-refractivity contribution is 0.295. The Morgan fingerprint density at radius 3 is 2.62 bits per heavy atom. The van der Waals surface area contributed by atoms with E-state index in [0.717, 1.165) is 0 Å². The maximum Gasteiger partial charge on any atom is 0.396 e. The van der Waals surface area contributed by atoms with Gasteiger partial charge in [0.25, 0.3) is 0 Å². The second-order valence-corrected chi connectivity index (χ2v) is 4.73. The Hall–Kier alpha value is -1.28. The van der Waals surface area contributed by atoms with Crippen molar-refractivity contribution >= 4 is 13.8 Å². The Kier molecular flexibility index (Phi) is 4.56. The molecule has 0 aliphatic carbocycles. The zero-order chi connectivity index (χ0) is 12.0. The molecule has 0 bridgehead atoms. The summed E-state index contributed by atoms with van der Waals surface area (Å²) in [6.07, 6.45) is 1.21. The van der Waals surface area contributed by atoms with E-state index >= 15 is 0 Å². The van der Waals surface area contributed by atoms with Crippen LogP contribution in [-0.4, -0.2) is 12.7 Å². The largest absolute Gasteiger partial charge is 0.396 e. The third-order valence-corrected chi connectivity index (χ3v) is 3.48. The van der Waals surface area contributed by atoms with E-state index in [4.69, 9.17) is 0 Å². The topological polar surface area (TPSA) is 55.7 Å². The minimum atomic E-state index is -4.47. The fraction of sp³-hybridized carbons (Fsp3) is 0.300. The molecule has 0 N–H and O–H groups in total. The first-order valence-corrected chi connectivity index (χ1v) is 6.26. The molecule has 86 valence electrons. The van der Waals surface area contributed by atoms with Gasteiger partial charge in [-0.15, -0.1) is 0 Å². The summed E-state index contributed by atoms with van der Waals surface area (Å²) in [7, 11) is -4.47. The van der Waals surface area contributed by atoms with E-state index in [-0.39, 0.29) is 6.61 Å². The Bertz CT molecular complexity index is 431. The zero-order valence-electron chi connectivity index (χ0n) is 8.67. The molecule has 2 atom stereocenters. The second-order valence-electron chi connectivity index (χ2n) is 2.94. The van der Waals surface area contributed by atoms with Gasteiger partial charge in [0.1, 0.15) is 0 Å². The SMILES string of the molecule is CCOP(=O)(F)C(N=C=O)c1ccccc1. The zero-order valence-corrected chi connectivity index (χ0v) is 9.56. The van der Waals surface area contributed by atoms with E-state index in [0.29, 0.717) is 5.56 Å². The van der Waals surface area contributed by atoms with Crippen LogP contribution < -0.4 is 0 Å². The van der Waals surface area contributed by atoms with Crippen LogP contribution in [0.5, 0.6) is 0 Å². The molecule has 1 aromatic rings. The summed E-state index contributed by atoms with van der Waals surface area (Å²) < 4.78 is 29.7. The van der Waals surface area contributed by atoms with Gasteiger partial charge in [0, 0.05) is 0 Å². The highest BCUT2D eigenvalue weighted by Crippen LogP contribution is 2.61. The minimum absolute atomic E-state index is 0.0501. The van der Waals surface area contributed by atoms with Gasteiger partial charge >= 0.3 is 7.68 Å². The number of hydrogen-bond donors (Lipinski definition) is 0. The number of aliphatic imine (C=N–C) groups is 1. The fourth-order valence-corrected chi connectivity index (χ4v) is 2.45. The van der Waals surface area contributed by atoms with Gasteiger partial charge in [-0.1, -0.05) is 30.3 Å². The van der Waals surface area contributed by atoms with Gasteiger partial charge in [-0.2, -0.15) is 9.19 Å². The lowest BCUT2D eigenvalue weighted by Crippen LogP contribution is -1.97. The van der Waals surface area contributed by atoms with Crippen LogP contribution >= 0.6 is 7.68 Å². The lowest BCUT2D eigenvalue weighted by Gasteiger charge is -2.15. The summed E-state index contributed by atoms with van der Waals surface area (Å²) >= 11 is 0. The van der Waals surface area contributed by atoms with Gasteiger partial charge in [0.05, 0.1) is 6.61 Å². The molecule has 0 spiro atoms. The molecule has 6 heteroatoms. The second kappa shape index (κ2) is 5.71. The molecule has 0 fully saturated rings. The van der Waals surface area contributed by atoms with Crippen molar-refractivity contribution in [2.75, 3.05) is 6.61 Å². The van der Waals surface area contributed by atoms with E-state index in [9.17, 15) is 13.6 Å². The maximum absolute atomic E-state index is 13.7. The molecule has 0 saturated heterocycles. The van der Waals surface area contributed by atoms with Crippen molar-refractivity contribution < 1.29 is 18.1 Å². The van der Waals surface area contributed by atoms with Crippen LogP contribution in [0.15, 0.2) is 35.3 Å². The van der Waals surface area contributed by atoms with Gasteiger partial charge in [0.15, 0.2) is 5.78 Å². The molecule has 0 saturated carbocycles. The van der Waals surface area contributed by atoms with Crippen LogP contribution in [0, 0.1) is 0 Å². The van der Waals surface area contributed by atoms with Crippen LogP contribution in [0.4, 0.5) is 4.20 Å². The summed E-state index contributed by atoms with van der Waals surface area (Å²) in [5, 5.41) is 0. The van der Waals surface area contributed by atoms with Gasteiger partial charge in [0.2, 0.25) is 6.08 Å². The molecule has 16 heavy (non-hydrogen) atoms. The van der Waals surface area contributed by atoms with E-state index in [2.05, 4.69) is 9.52 Å². The number of benzene rings is 1. The number of carbonyl (C=O) groups excluding carboxylic acids is 1. The van der Waals surface area contributed by atoms with E-state index < -0.39 is 13.5 Å². The maximum atomic E-state index is 13.7. The molecular weight excluding hydrogens is 232 g/mol. The first kappa shape index (κ1) is 12.8. The molecule has 2 unspecified atom stereocenters. The van der Waals surface area contributed by atoms with Crippen molar-refractivity contribution in [3.63, 3.8) is 0 Å². The van der Waals surface area contributed by atoms with Gasteiger partial charge in [-0.3, -0.25) is 4.57 Å². The average molecular weight is 243 g/mol. The van der Waals surface area contributed by atoms with Crippen molar-refractivity contribution in [3.8, 4) is 0 Å². The van der Waals surface area contributed by atoms with Crippen LogP contribution in [0.25, 0.3) is 0 Å². The molecule has 0 amide bonds. The molecule has 0 aromatic heterocycles. The predicted molar refractivity (Wildman–Crippen MR) is 57.6 cm³/mol. The summed E-state index contributed by atoms with van der Waals surface area (Å²) in [5.74, 6) is -1.42. The predicted octanol–water partition coefficient (Wildman–Crippen LogP) is 3.22. The van der Waals surface area contributed by atoms with Gasteiger partial charge in [-0.25, -0.2) is 4.79 Å². The Morgan fingerprint density at radius 1 is 1.50 bits per heavy atom. The van der Waals surface area contributed by atoms with E-state index in [1.165, 1.54) is 25.1 Å². The molecule has 1 rings (SSSR count). The summed E-state index contributed by atoms with van der Waals surface area (Å²) in [6, 6.07) is 8.03. The molecule has 0 radical (unpaired) electrons. The number of rotatable bonds is 5. The third kappa shape index (κ3) is 3.11. The van der Waals surface area contributed by atoms with Gasteiger partial charge in [-0.05, 0) is 12.5 Å². The summed E-state index contributed by atoms with van der Waals surface area (Å²) in [6.45, 7) is 1.46. The van der Waals surface area contributed by atoms with Crippen molar-refractivity contribution in [2.45, 2.75) is 12.7 Å². The molecule has 0 aliphatic rings.